The molecular formula is C11H11N3O3. The van der Waals surface area contributed by atoms with E-state index in [9.17, 15) is 10.1 Å². The molecule has 2 aromatic rings. The van der Waals surface area contributed by atoms with Gasteiger partial charge in [-0.1, -0.05) is 6.07 Å². The molecule has 0 saturated heterocycles. The van der Waals surface area contributed by atoms with Crippen molar-refractivity contribution in [2.45, 2.75) is 13.5 Å². The first-order valence-corrected chi connectivity index (χ1v) is 5.02. The number of hydrogen-bond donors (Lipinski definition) is 1. The number of nitro benzene ring substituents is 1. The van der Waals surface area contributed by atoms with Crippen LogP contribution in [0.5, 0.6) is 0 Å². The molecule has 0 bridgehead atoms. The second kappa shape index (κ2) is 4.34. The Balaban J connectivity index is 2.49. The van der Waals surface area contributed by atoms with E-state index in [0.29, 0.717) is 17.2 Å². The number of aromatic nitrogens is 1. The van der Waals surface area contributed by atoms with Crippen LogP contribution in [0.15, 0.2) is 28.8 Å². The number of hydrogen-bond acceptors (Lipinski definition) is 5. The number of benzene rings is 1. The maximum absolute atomic E-state index is 10.7. The summed E-state index contributed by atoms with van der Waals surface area (Å²) in [6, 6.07) is 4.60. The molecule has 88 valence electrons. The number of nitrogens with zero attached hydrogens (tertiary/aromatic N) is 2. The molecule has 1 heterocycles. The average molecular weight is 233 g/mol. The van der Waals surface area contributed by atoms with Gasteiger partial charge in [-0.05, 0) is 12.5 Å². The highest BCUT2D eigenvalue weighted by Gasteiger charge is 2.13. The Kier molecular flexibility index (Phi) is 2.88. The monoisotopic (exact) mass is 233 g/mol. The minimum absolute atomic E-state index is 0.0244. The van der Waals surface area contributed by atoms with Crippen LogP contribution >= 0.6 is 0 Å². The van der Waals surface area contributed by atoms with Gasteiger partial charge in [0.1, 0.15) is 0 Å². The summed E-state index contributed by atoms with van der Waals surface area (Å²) in [6.45, 7) is 2.05. The van der Waals surface area contributed by atoms with Crippen LogP contribution in [-0.2, 0) is 6.54 Å². The maximum atomic E-state index is 10.7. The Hall–Kier alpha value is -2.21. The highest BCUT2D eigenvalue weighted by atomic mass is 16.6. The number of rotatable bonds is 3. The van der Waals surface area contributed by atoms with E-state index in [1.165, 1.54) is 18.3 Å². The van der Waals surface area contributed by atoms with Gasteiger partial charge in [0.2, 0.25) is 5.89 Å². The number of nitrogens with two attached hydrogens (primary N) is 1. The Morgan fingerprint density at radius 2 is 2.29 bits per heavy atom. The zero-order valence-corrected chi connectivity index (χ0v) is 9.21. The molecule has 6 heteroatoms. The summed E-state index contributed by atoms with van der Waals surface area (Å²) in [7, 11) is 0. The molecule has 0 fully saturated rings. The molecule has 2 rings (SSSR count). The van der Waals surface area contributed by atoms with Gasteiger partial charge in [0, 0.05) is 17.7 Å². The molecule has 1 aromatic carbocycles. The van der Waals surface area contributed by atoms with E-state index in [1.807, 2.05) is 6.92 Å². The van der Waals surface area contributed by atoms with Crippen molar-refractivity contribution in [3.8, 4) is 11.3 Å². The first kappa shape index (κ1) is 11.3. The lowest BCUT2D eigenvalue weighted by molar-refractivity contribution is -0.384. The fourth-order valence-corrected chi connectivity index (χ4v) is 1.52. The molecule has 0 unspecified atom stereocenters. The van der Waals surface area contributed by atoms with E-state index in [0.717, 1.165) is 5.56 Å². The molecule has 1 aromatic heterocycles. The zero-order valence-electron chi connectivity index (χ0n) is 9.21. The molecule has 0 aliphatic carbocycles. The molecule has 0 amide bonds. The maximum Gasteiger partial charge on any atom is 0.270 e. The molecule has 0 atom stereocenters. The lowest BCUT2D eigenvalue weighted by Gasteiger charge is -2.01. The predicted octanol–water partition coefficient (Wildman–Crippen LogP) is 2.02. The van der Waals surface area contributed by atoms with Crippen molar-refractivity contribution >= 4 is 5.69 Å². The first-order chi connectivity index (χ1) is 8.11. The third kappa shape index (κ3) is 2.16. The minimum Gasteiger partial charge on any atom is -0.439 e. The smallest absolute Gasteiger partial charge is 0.270 e. The van der Waals surface area contributed by atoms with E-state index in [1.54, 1.807) is 6.07 Å². The van der Waals surface area contributed by atoms with E-state index >= 15 is 0 Å². The summed E-state index contributed by atoms with van der Waals surface area (Å²) in [5, 5.41) is 10.7. The van der Waals surface area contributed by atoms with Gasteiger partial charge in [0.05, 0.1) is 17.7 Å². The Bertz CT molecular complexity index is 563. The number of aryl methyl sites for hydroxylation is 1. The fraction of sp³-hybridized carbons (Fsp3) is 0.182. The van der Waals surface area contributed by atoms with Crippen molar-refractivity contribution in [1.82, 2.24) is 4.98 Å². The van der Waals surface area contributed by atoms with Crippen LogP contribution < -0.4 is 5.73 Å². The number of nitro groups is 1. The second-order valence-electron chi connectivity index (χ2n) is 3.58. The second-order valence-corrected chi connectivity index (χ2v) is 3.58. The first-order valence-electron chi connectivity index (χ1n) is 5.02. The molecule has 6 nitrogen and oxygen atoms in total. The summed E-state index contributed by atoms with van der Waals surface area (Å²) in [5.41, 5.74) is 6.96. The van der Waals surface area contributed by atoms with E-state index in [4.69, 9.17) is 10.2 Å². The van der Waals surface area contributed by atoms with Gasteiger partial charge in [0.15, 0.2) is 5.76 Å². The zero-order chi connectivity index (χ0) is 12.4. The third-order valence-electron chi connectivity index (χ3n) is 2.43. The van der Waals surface area contributed by atoms with Gasteiger partial charge in [-0.25, -0.2) is 4.98 Å². The molecule has 0 aliphatic rings. The Morgan fingerprint density at radius 1 is 1.53 bits per heavy atom. The number of oxazole rings is 1. The van der Waals surface area contributed by atoms with Crippen molar-refractivity contribution in [2.75, 3.05) is 0 Å². The third-order valence-corrected chi connectivity index (χ3v) is 2.43. The lowest BCUT2D eigenvalue weighted by Crippen LogP contribution is -1.95. The van der Waals surface area contributed by atoms with Crippen LogP contribution in [0, 0.1) is 17.0 Å². The average Bonchev–Trinajstić information content (AvgIpc) is 2.77. The van der Waals surface area contributed by atoms with Crippen LogP contribution in [0.1, 0.15) is 11.5 Å². The minimum atomic E-state index is -0.441. The lowest BCUT2D eigenvalue weighted by atomic mass is 10.1. The van der Waals surface area contributed by atoms with Gasteiger partial charge in [-0.3, -0.25) is 10.1 Å². The molecular weight excluding hydrogens is 222 g/mol. The standard InChI is InChI=1S/C11H11N3O3/c1-7-2-3-8(14(15)16)4-9(7)10-6-13-11(5-12)17-10/h2-4,6H,5,12H2,1H3. The molecule has 0 spiro atoms. The molecule has 2 N–H and O–H groups in total. The van der Waals surface area contributed by atoms with Crippen LogP contribution in [0.3, 0.4) is 0 Å². The van der Waals surface area contributed by atoms with E-state index < -0.39 is 4.92 Å². The fourth-order valence-electron chi connectivity index (χ4n) is 1.52. The van der Waals surface area contributed by atoms with Crippen LogP contribution in [0.4, 0.5) is 5.69 Å². The molecule has 0 saturated carbocycles. The number of non-ortho nitro benzene ring substituents is 1. The van der Waals surface area contributed by atoms with Gasteiger partial charge in [-0.2, -0.15) is 0 Å². The van der Waals surface area contributed by atoms with Crippen molar-refractivity contribution in [3.05, 3.63) is 46.0 Å². The highest BCUT2D eigenvalue weighted by Crippen LogP contribution is 2.27. The highest BCUT2D eigenvalue weighted by molar-refractivity contribution is 5.64. The predicted molar refractivity (Wildman–Crippen MR) is 61.2 cm³/mol. The largest absolute Gasteiger partial charge is 0.439 e. The van der Waals surface area contributed by atoms with Crippen LogP contribution in [0.25, 0.3) is 11.3 Å². The molecule has 0 aliphatic heterocycles. The van der Waals surface area contributed by atoms with Crippen LogP contribution in [-0.4, -0.2) is 9.91 Å². The van der Waals surface area contributed by atoms with Crippen molar-refractivity contribution in [3.63, 3.8) is 0 Å². The normalized spacial score (nSPS) is 10.5. The SMILES string of the molecule is Cc1ccc([N+](=O)[O-])cc1-c1cnc(CN)o1. The van der Waals surface area contributed by atoms with Gasteiger partial charge in [-0.15, -0.1) is 0 Å². The summed E-state index contributed by atoms with van der Waals surface area (Å²) in [6.07, 6.45) is 1.52. The summed E-state index contributed by atoms with van der Waals surface area (Å²) < 4.78 is 5.38. The molecule has 17 heavy (non-hydrogen) atoms. The van der Waals surface area contributed by atoms with E-state index in [2.05, 4.69) is 4.98 Å². The van der Waals surface area contributed by atoms with Crippen LogP contribution in [0.2, 0.25) is 0 Å². The van der Waals surface area contributed by atoms with Crippen molar-refractivity contribution < 1.29 is 9.34 Å². The summed E-state index contributed by atoms with van der Waals surface area (Å²) in [5.74, 6) is 0.901. The Labute approximate surface area is 97.2 Å². The quantitative estimate of drug-likeness (QED) is 0.646. The van der Waals surface area contributed by atoms with Gasteiger partial charge in [0.25, 0.3) is 5.69 Å². The Morgan fingerprint density at radius 3 is 2.88 bits per heavy atom. The summed E-state index contributed by atoms with van der Waals surface area (Å²) in [4.78, 5) is 14.2. The van der Waals surface area contributed by atoms with Gasteiger partial charge >= 0.3 is 0 Å². The van der Waals surface area contributed by atoms with Gasteiger partial charge < -0.3 is 10.2 Å². The van der Waals surface area contributed by atoms with Crippen molar-refractivity contribution in [1.29, 1.82) is 0 Å². The summed E-state index contributed by atoms with van der Waals surface area (Å²) >= 11 is 0. The van der Waals surface area contributed by atoms with E-state index in [-0.39, 0.29) is 12.2 Å². The molecule has 0 radical (unpaired) electrons. The topological polar surface area (TPSA) is 95.2 Å². The van der Waals surface area contributed by atoms with Crippen molar-refractivity contribution in [2.24, 2.45) is 5.73 Å².